The highest BCUT2D eigenvalue weighted by Crippen LogP contribution is 2.31. The quantitative estimate of drug-likeness (QED) is 0.719. The minimum atomic E-state index is -3.20. The Morgan fingerprint density at radius 3 is 2.60 bits per heavy atom. The molecule has 0 bridgehead atoms. The van der Waals surface area contributed by atoms with Gasteiger partial charge in [0.25, 0.3) is 0 Å². The Hall–Kier alpha value is -2.32. The maximum atomic E-state index is 13.2. The second-order valence-corrected chi connectivity index (χ2v) is 8.24. The highest BCUT2D eigenvalue weighted by molar-refractivity contribution is 7.88. The van der Waals surface area contributed by atoms with Gasteiger partial charge in [-0.25, -0.2) is 27.1 Å². The lowest BCUT2D eigenvalue weighted by atomic mass is 10.0. The van der Waals surface area contributed by atoms with Crippen LogP contribution in [-0.2, 0) is 10.0 Å². The van der Waals surface area contributed by atoms with Crippen LogP contribution < -0.4 is 0 Å². The van der Waals surface area contributed by atoms with Crippen LogP contribution in [-0.4, -0.2) is 46.4 Å². The van der Waals surface area contributed by atoms with Gasteiger partial charge in [0.15, 0.2) is 0 Å². The maximum Gasteiger partial charge on any atom is 0.234 e. The van der Waals surface area contributed by atoms with Crippen LogP contribution in [0.1, 0.15) is 18.0 Å². The molecule has 2 aromatic heterocycles. The topological polar surface area (TPSA) is 67.6 Å². The molecule has 4 rings (SSSR count). The molecule has 0 unspecified atom stereocenters. The number of benzene rings is 1. The van der Waals surface area contributed by atoms with Gasteiger partial charge in [-0.2, -0.15) is 0 Å². The number of sulfonamides is 1. The van der Waals surface area contributed by atoms with E-state index in [1.165, 1.54) is 22.7 Å². The lowest BCUT2D eigenvalue weighted by Gasteiger charge is -2.16. The van der Waals surface area contributed by atoms with Crippen LogP contribution in [0.25, 0.3) is 17.0 Å². The van der Waals surface area contributed by atoms with Gasteiger partial charge in [0, 0.05) is 36.5 Å². The molecule has 1 aliphatic heterocycles. The van der Waals surface area contributed by atoms with Crippen molar-refractivity contribution < 1.29 is 12.8 Å². The number of nitrogens with zero attached hydrogens (tertiary/aromatic N) is 4. The number of hydrogen-bond donors (Lipinski definition) is 0. The van der Waals surface area contributed by atoms with E-state index in [0.29, 0.717) is 18.9 Å². The van der Waals surface area contributed by atoms with E-state index >= 15 is 0 Å². The molecule has 6 nitrogen and oxygen atoms in total. The molecule has 0 N–H and O–H groups in total. The Labute approximate surface area is 145 Å². The number of hydrogen-bond acceptors (Lipinski definition) is 4. The second kappa shape index (κ2) is 5.89. The molecule has 8 heteroatoms. The van der Waals surface area contributed by atoms with Gasteiger partial charge in [-0.3, -0.25) is 4.40 Å². The van der Waals surface area contributed by atoms with Gasteiger partial charge in [-0.05, 0) is 36.8 Å². The Morgan fingerprint density at radius 2 is 1.92 bits per heavy atom. The van der Waals surface area contributed by atoms with Gasteiger partial charge < -0.3 is 0 Å². The molecule has 25 heavy (non-hydrogen) atoms. The van der Waals surface area contributed by atoms with Crippen LogP contribution in [0.4, 0.5) is 4.39 Å². The average Bonchev–Trinajstić information content (AvgIpc) is 3.22. The largest absolute Gasteiger partial charge is 0.280 e. The molecular formula is C17H17FN4O2S. The van der Waals surface area contributed by atoms with Crippen molar-refractivity contribution in [3.63, 3.8) is 0 Å². The smallest absolute Gasteiger partial charge is 0.234 e. The third-order valence-electron chi connectivity index (χ3n) is 4.61. The first-order chi connectivity index (χ1) is 11.9. The van der Waals surface area contributed by atoms with Crippen LogP contribution in [0.15, 0.2) is 42.7 Å². The molecule has 3 aromatic rings. The van der Waals surface area contributed by atoms with E-state index in [0.717, 1.165) is 23.4 Å². The summed E-state index contributed by atoms with van der Waals surface area (Å²) in [6.45, 7) is 0.951. The molecule has 1 fully saturated rings. The number of aromatic nitrogens is 3. The molecule has 130 valence electrons. The van der Waals surface area contributed by atoms with E-state index < -0.39 is 10.0 Å². The van der Waals surface area contributed by atoms with Gasteiger partial charge in [0.1, 0.15) is 5.82 Å². The Kier molecular flexibility index (Phi) is 3.81. The molecule has 0 radical (unpaired) electrons. The molecule has 1 aromatic carbocycles. The number of imidazole rings is 1. The minimum absolute atomic E-state index is 0.0635. The van der Waals surface area contributed by atoms with Crippen molar-refractivity contribution in [2.45, 2.75) is 12.3 Å². The van der Waals surface area contributed by atoms with Gasteiger partial charge in [-0.15, -0.1) is 0 Å². The molecule has 3 heterocycles. The van der Waals surface area contributed by atoms with E-state index in [1.807, 2.05) is 10.5 Å². The predicted octanol–water partition coefficient (Wildman–Crippen LogP) is 2.28. The average molecular weight is 360 g/mol. The lowest BCUT2D eigenvalue weighted by molar-refractivity contribution is 0.477. The van der Waals surface area contributed by atoms with E-state index in [-0.39, 0.29) is 11.7 Å². The van der Waals surface area contributed by atoms with Gasteiger partial charge in [0.05, 0.1) is 18.1 Å². The summed E-state index contributed by atoms with van der Waals surface area (Å²) in [5.41, 5.74) is 2.62. The minimum Gasteiger partial charge on any atom is -0.280 e. The predicted molar refractivity (Wildman–Crippen MR) is 92.2 cm³/mol. The highest BCUT2D eigenvalue weighted by atomic mass is 32.2. The fourth-order valence-corrected chi connectivity index (χ4v) is 4.24. The summed E-state index contributed by atoms with van der Waals surface area (Å²) in [5.74, 6) is 0.318. The molecule has 0 spiro atoms. The zero-order valence-electron chi connectivity index (χ0n) is 13.6. The normalized spacial score (nSPS) is 18.9. The van der Waals surface area contributed by atoms with Gasteiger partial charge >= 0.3 is 0 Å². The van der Waals surface area contributed by atoms with E-state index in [4.69, 9.17) is 0 Å². The number of rotatable bonds is 3. The van der Waals surface area contributed by atoms with E-state index in [1.54, 1.807) is 24.5 Å². The van der Waals surface area contributed by atoms with Crippen LogP contribution in [0.3, 0.4) is 0 Å². The van der Waals surface area contributed by atoms with E-state index in [2.05, 4.69) is 9.97 Å². The Morgan fingerprint density at radius 1 is 1.16 bits per heavy atom. The maximum absolute atomic E-state index is 13.2. The summed E-state index contributed by atoms with van der Waals surface area (Å²) in [7, 11) is -3.20. The Bertz CT molecular complexity index is 1030. The first-order valence-electron chi connectivity index (χ1n) is 7.97. The SMILES string of the molecule is CS(=O)(=O)N1CC[C@@H](c2ccnc3ncc(-c4ccc(F)cc4)n23)C1. The van der Waals surface area contributed by atoms with Crippen LogP contribution >= 0.6 is 0 Å². The summed E-state index contributed by atoms with van der Waals surface area (Å²) < 4.78 is 40.3. The molecule has 1 aliphatic rings. The number of halogens is 1. The van der Waals surface area contributed by atoms with E-state index in [9.17, 15) is 12.8 Å². The molecule has 1 saturated heterocycles. The fraction of sp³-hybridized carbons (Fsp3) is 0.294. The zero-order chi connectivity index (χ0) is 17.6. The number of fused-ring (bicyclic) bond motifs is 1. The van der Waals surface area contributed by atoms with Crippen molar-refractivity contribution in [3.05, 3.63) is 54.2 Å². The molecule has 0 aliphatic carbocycles. The first-order valence-corrected chi connectivity index (χ1v) is 9.82. The molecular weight excluding hydrogens is 343 g/mol. The van der Waals surface area contributed by atoms with Crippen LogP contribution in [0.5, 0.6) is 0 Å². The van der Waals surface area contributed by atoms with Crippen LogP contribution in [0, 0.1) is 5.82 Å². The van der Waals surface area contributed by atoms with Crippen molar-refractivity contribution in [1.82, 2.24) is 18.7 Å². The van der Waals surface area contributed by atoms with Gasteiger partial charge in [0.2, 0.25) is 15.8 Å². The van der Waals surface area contributed by atoms with Crippen molar-refractivity contribution in [3.8, 4) is 11.3 Å². The van der Waals surface area contributed by atoms with Crippen molar-refractivity contribution >= 4 is 15.8 Å². The molecule has 0 amide bonds. The third kappa shape index (κ3) is 2.91. The summed E-state index contributed by atoms with van der Waals surface area (Å²) in [6.07, 6.45) is 5.38. The van der Waals surface area contributed by atoms with Crippen molar-refractivity contribution in [2.24, 2.45) is 0 Å². The summed E-state index contributed by atoms with van der Waals surface area (Å²) >= 11 is 0. The summed E-state index contributed by atoms with van der Waals surface area (Å²) in [5, 5.41) is 0. The fourth-order valence-electron chi connectivity index (χ4n) is 3.36. The lowest BCUT2D eigenvalue weighted by Crippen LogP contribution is -2.27. The second-order valence-electron chi connectivity index (χ2n) is 6.26. The third-order valence-corrected chi connectivity index (χ3v) is 5.88. The molecule has 1 atom stereocenters. The van der Waals surface area contributed by atoms with Gasteiger partial charge in [-0.1, -0.05) is 0 Å². The summed E-state index contributed by atoms with van der Waals surface area (Å²) in [6, 6.07) is 8.12. The highest BCUT2D eigenvalue weighted by Gasteiger charge is 2.31. The monoisotopic (exact) mass is 360 g/mol. The standard InChI is InChI=1S/C17H17FN4O2S/c1-25(23,24)21-9-7-13(11-21)15-6-8-19-17-20-10-16(22(15)17)12-2-4-14(18)5-3-12/h2-6,8,10,13H,7,9,11H2,1H3/t13-/m1/s1. The van der Waals surface area contributed by atoms with Crippen molar-refractivity contribution in [2.75, 3.05) is 19.3 Å². The summed E-state index contributed by atoms with van der Waals surface area (Å²) in [4.78, 5) is 8.63. The first kappa shape index (κ1) is 16.2. The van der Waals surface area contributed by atoms with Crippen molar-refractivity contribution in [1.29, 1.82) is 0 Å². The van der Waals surface area contributed by atoms with Crippen LogP contribution in [0.2, 0.25) is 0 Å². The molecule has 0 saturated carbocycles. The Balaban J connectivity index is 1.80. The zero-order valence-corrected chi connectivity index (χ0v) is 14.4.